The molecule has 1 amide bonds. The van der Waals surface area contributed by atoms with Crippen LogP contribution in [-0.2, 0) is 0 Å². The van der Waals surface area contributed by atoms with E-state index in [-0.39, 0.29) is 17.8 Å². The van der Waals surface area contributed by atoms with Gasteiger partial charge in [-0.25, -0.2) is 0 Å². The molecule has 0 fully saturated rings. The Bertz CT molecular complexity index is 983. The highest BCUT2D eigenvalue weighted by Crippen LogP contribution is 2.35. The summed E-state index contributed by atoms with van der Waals surface area (Å²) in [6.07, 6.45) is -0.320. The summed E-state index contributed by atoms with van der Waals surface area (Å²) in [5, 5.41) is 17.2. The van der Waals surface area contributed by atoms with Gasteiger partial charge in [-0.05, 0) is 29.8 Å². The van der Waals surface area contributed by atoms with E-state index in [2.05, 4.69) is 10.6 Å². The Kier molecular flexibility index (Phi) is 3.70. The number of hydrogen-bond acceptors (Lipinski definition) is 5. The average molecular weight is 351 g/mol. The lowest BCUT2D eigenvalue weighted by Crippen LogP contribution is -2.37. The van der Waals surface area contributed by atoms with Crippen LogP contribution < -0.4 is 10.6 Å². The van der Waals surface area contributed by atoms with Crippen LogP contribution in [0.4, 0.5) is 11.4 Å². The van der Waals surface area contributed by atoms with Crippen molar-refractivity contribution < 1.29 is 9.72 Å². The lowest BCUT2D eigenvalue weighted by molar-refractivity contribution is -0.384. The predicted molar refractivity (Wildman–Crippen MR) is 96.7 cm³/mol. The molecule has 0 aliphatic carbocycles. The summed E-state index contributed by atoms with van der Waals surface area (Å²) in [4.78, 5) is 24.6. The molecule has 0 bridgehead atoms. The van der Waals surface area contributed by atoms with E-state index >= 15 is 0 Å². The zero-order valence-electron chi connectivity index (χ0n) is 12.9. The SMILES string of the molecule is O=C1NC(c2ccc(-c3cccc([N+](=O)[O-])c3)s2)Nc2ccccc21. The molecule has 1 aromatic heterocycles. The monoisotopic (exact) mass is 351 g/mol. The molecule has 4 rings (SSSR count). The number of anilines is 1. The lowest BCUT2D eigenvalue weighted by Gasteiger charge is -2.26. The number of nitro groups is 1. The van der Waals surface area contributed by atoms with Crippen molar-refractivity contribution in [2.45, 2.75) is 6.17 Å². The molecule has 7 heteroatoms. The molecule has 6 nitrogen and oxygen atoms in total. The van der Waals surface area contributed by atoms with Crippen LogP contribution in [0.15, 0.2) is 60.7 Å². The van der Waals surface area contributed by atoms with Crippen LogP contribution in [-0.4, -0.2) is 10.8 Å². The summed E-state index contributed by atoms with van der Waals surface area (Å²) in [5.74, 6) is -0.121. The fraction of sp³-hybridized carbons (Fsp3) is 0.0556. The van der Waals surface area contributed by atoms with E-state index in [0.717, 1.165) is 21.0 Å². The van der Waals surface area contributed by atoms with E-state index in [1.54, 1.807) is 18.2 Å². The van der Waals surface area contributed by atoms with Crippen LogP contribution in [0, 0.1) is 10.1 Å². The van der Waals surface area contributed by atoms with Gasteiger partial charge in [-0.2, -0.15) is 0 Å². The Morgan fingerprint density at radius 1 is 1.00 bits per heavy atom. The second-order valence-electron chi connectivity index (χ2n) is 5.61. The second-order valence-corrected chi connectivity index (χ2v) is 6.72. The van der Waals surface area contributed by atoms with Crippen molar-refractivity contribution >= 4 is 28.6 Å². The molecule has 2 N–H and O–H groups in total. The van der Waals surface area contributed by atoms with E-state index in [0.29, 0.717) is 5.56 Å². The van der Waals surface area contributed by atoms with Crippen LogP contribution in [0.1, 0.15) is 21.4 Å². The molecule has 1 atom stereocenters. The van der Waals surface area contributed by atoms with Gasteiger partial charge in [0.25, 0.3) is 11.6 Å². The van der Waals surface area contributed by atoms with Gasteiger partial charge in [0.1, 0.15) is 6.17 Å². The quantitative estimate of drug-likeness (QED) is 0.548. The third-order valence-corrected chi connectivity index (χ3v) is 5.20. The number of nitrogens with zero attached hydrogens (tertiary/aromatic N) is 1. The molecule has 1 aliphatic heterocycles. The standard InChI is InChI=1S/C18H13N3O3S/c22-18-13-6-1-2-7-14(13)19-17(20-18)16-9-8-15(25-16)11-4-3-5-12(10-11)21(23)24/h1-10,17,19H,(H,20,22). The number of amides is 1. The van der Waals surface area contributed by atoms with E-state index in [9.17, 15) is 14.9 Å². The van der Waals surface area contributed by atoms with Crippen molar-refractivity contribution in [1.82, 2.24) is 5.32 Å². The van der Waals surface area contributed by atoms with E-state index in [1.807, 2.05) is 36.4 Å². The summed E-state index contributed by atoms with van der Waals surface area (Å²) in [7, 11) is 0. The molecular formula is C18H13N3O3S. The first-order valence-electron chi connectivity index (χ1n) is 7.63. The number of benzene rings is 2. The normalized spacial score (nSPS) is 15.8. The fourth-order valence-electron chi connectivity index (χ4n) is 2.79. The first kappa shape index (κ1) is 15.3. The first-order chi connectivity index (χ1) is 12.1. The van der Waals surface area contributed by atoms with Gasteiger partial charge < -0.3 is 10.6 Å². The maximum Gasteiger partial charge on any atom is 0.270 e. The highest BCUT2D eigenvalue weighted by molar-refractivity contribution is 7.15. The third-order valence-electron chi connectivity index (χ3n) is 4.00. The van der Waals surface area contributed by atoms with Crippen molar-refractivity contribution in [1.29, 1.82) is 0 Å². The average Bonchev–Trinajstić information content (AvgIpc) is 3.12. The van der Waals surface area contributed by atoms with Gasteiger partial charge in [-0.1, -0.05) is 24.3 Å². The number of nitrogens with one attached hydrogen (secondary N) is 2. The number of hydrogen-bond donors (Lipinski definition) is 2. The molecular weight excluding hydrogens is 338 g/mol. The maximum atomic E-state index is 12.2. The Labute approximate surface area is 147 Å². The Balaban J connectivity index is 1.63. The van der Waals surface area contributed by atoms with Crippen molar-refractivity contribution in [3.05, 3.63) is 81.2 Å². The summed E-state index contributed by atoms with van der Waals surface area (Å²) in [5.41, 5.74) is 2.26. The fourth-order valence-corrected chi connectivity index (χ4v) is 3.79. The van der Waals surface area contributed by atoms with Crippen molar-refractivity contribution in [2.24, 2.45) is 0 Å². The van der Waals surface area contributed by atoms with Crippen LogP contribution in [0.25, 0.3) is 10.4 Å². The number of nitro benzene ring substituents is 1. The summed E-state index contributed by atoms with van der Waals surface area (Å²) in [6, 6.07) is 17.7. The van der Waals surface area contributed by atoms with E-state index in [1.165, 1.54) is 17.4 Å². The molecule has 0 saturated heterocycles. The number of para-hydroxylation sites is 1. The molecule has 25 heavy (non-hydrogen) atoms. The van der Waals surface area contributed by atoms with Gasteiger partial charge in [-0.3, -0.25) is 14.9 Å². The Morgan fingerprint density at radius 2 is 1.84 bits per heavy atom. The minimum absolute atomic E-state index is 0.0606. The van der Waals surface area contributed by atoms with Crippen molar-refractivity contribution in [3.63, 3.8) is 0 Å². The molecule has 0 saturated carbocycles. The maximum absolute atomic E-state index is 12.2. The van der Waals surface area contributed by atoms with Crippen LogP contribution >= 0.6 is 11.3 Å². The lowest BCUT2D eigenvalue weighted by atomic mass is 10.1. The van der Waals surface area contributed by atoms with Crippen molar-refractivity contribution in [3.8, 4) is 10.4 Å². The Hall–Kier alpha value is -3.19. The second kappa shape index (κ2) is 6.03. The molecule has 2 heterocycles. The van der Waals surface area contributed by atoms with E-state index < -0.39 is 4.92 Å². The number of carbonyl (C=O) groups excluding carboxylic acids is 1. The van der Waals surface area contributed by atoms with Crippen LogP contribution in [0.2, 0.25) is 0 Å². The number of fused-ring (bicyclic) bond motifs is 1. The number of non-ortho nitro benzene ring substituents is 1. The predicted octanol–water partition coefficient (Wildman–Crippen LogP) is 4.18. The highest BCUT2D eigenvalue weighted by Gasteiger charge is 2.25. The highest BCUT2D eigenvalue weighted by atomic mass is 32.1. The van der Waals surface area contributed by atoms with Crippen LogP contribution in [0.3, 0.4) is 0 Å². The molecule has 1 unspecified atom stereocenters. The van der Waals surface area contributed by atoms with Crippen molar-refractivity contribution in [2.75, 3.05) is 5.32 Å². The number of rotatable bonds is 3. The Morgan fingerprint density at radius 3 is 2.68 bits per heavy atom. The van der Waals surface area contributed by atoms with Gasteiger partial charge in [0.05, 0.1) is 10.5 Å². The molecule has 1 aliphatic rings. The first-order valence-corrected chi connectivity index (χ1v) is 8.44. The molecule has 124 valence electrons. The summed E-state index contributed by atoms with van der Waals surface area (Å²) >= 11 is 1.49. The smallest absolute Gasteiger partial charge is 0.270 e. The van der Waals surface area contributed by atoms with Gasteiger partial charge in [-0.15, -0.1) is 11.3 Å². The van der Waals surface area contributed by atoms with Crippen LogP contribution in [0.5, 0.6) is 0 Å². The minimum atomic E-state index is -0.405. The zero-order chi connectivity index (χ0) is 17.4. The molecule has 0 spiro atoms. The zero-order valence-corrected chi connectivity index (χ0v) is 13.7. The minimum Gasteiger partial charge on any atom is -0.360 e. The van der Waals surface area contributed by atoms with Gasteiger partial charge in [0, 0.05) is 27.6 Å². The molecule has 2 aromatic carbocycles. The van der Waals surface area contributed by atoms with Gasteiger partial charge in [0.15, 0.2) is 0 Å². The van der Waals surface area contributed by atoms with Gasteiger partial charge in [0.2, 0.25) is 0 Å². The number of thiophene rings is 1. The number of carbonyl (C=O) groups is 1. The summed E-state index contributed by atoms with van der Waals surface area (Å²) < 4.78 is 0. The van der Waals surface area contributed by atoms with E-state index in [4.69, 9.17) is 0 Å². The molecule has 3 aromatic rings. The summed E-state index contributed by atoms with van der Waals surface area (Å²) in [6.45, 7) is 0. The third kappa shape index (κ3) is 2.85. The molecule has 0 radical (unpaired) electrons. The van der Waals surface area contributed by atoms with Gasteiger partial charge >= 0.3 is 0 Å². The topological polar surface area (TPSA) is 84.3 Å². The largest absolute Gasteiger partial charge is 0.360 e.